The van der Waals surface area contributed by atoms with Gasteiger partial charge in [0.05, 0.1) is 12.4 Å². The molecule has 0 aliphatic rings. The number of hydrogen-bond acceptors (Lipinski definition) is 6. The normalized spacial score (nSPS) is 11.0. The molecule has 8 nitrogen and oxygen atoms in total. The van der Waals surface area contributed by atoms with Crippen LogP contribution in [0.25, 0.3) is 0 Å². The molecule has 0 saturated heterocycles. The quantitative estimate of drug-likeness (QED) is 0.419. The zero-order valence-electron chi connectivity index (χ0n) is 14.5. The Morgan fingerprint density at radius 2 is 1.26 bits per heavy atom. The summed E-state index contributed by atoms with van der Waals surface area (Å²) in [6.45, 7) is 0. The predicted molar refractivity (Wildman–Crippen MR) is 102 cm³/mol. The first-order valence-corrected chi connectivity index (χ1v) is 8.25. The molecule has 0 spiro atoms. The van der Waals surface area contributed by atoms with Gasteiger partial charge in [0, 0.05) is 12.8 Å². The topological polar surface area (TPSA) is 123 Å². The summed E-state index contributed by atoms with van der Waals surface area (Å²) in [5.41, 5.74) is 6.02. The Morgan fingerprint density at radius 1 is 0.815 bits per heavy atom. The zero-order chi connectivity index (χ0) is 19.5. The highest BCUT2D eigenvalue weighted by Gasteiger charge is 2.04. The summed E-state index contributed by atoms with van der Waals surface area (Å²) >= 11 is 0. The molecule has 2 aromatic carbocycles. The highest BCUT2D eigenvalue weighted by Crippen LogP contribution is 2.09. The zero-order valence-corrected chi connectivity index (χ0v) is 14.5. The van der Waals surface area contributed by atoms with E-state index in [4.69, 9.17) is 0 Å². The van der Waals surface area contributed by atoms with E-state index in [1.54, 1.807) is 24.3 Å². The van der Waals surface area contributed by atoms with Gasteiger partial charge in [-0.15, -0.1) is 0 Å². The van der Waals surface area contributed by atoms with Gasteiger partial charge in [0.25, 0.3) is 0 Å². The van der Waals surface area contributed by atoms with Crippen molar-refractivity contribution in [3.8, 4) is 11.5 Å². The first-order chi connectivity index (χ1) is 13.0. The maximum atomic E-state index is 11.7. The summed E-state index contributed by atoms with van der Waals surface area (Å²) in [5, 5.41) is 26.2. The molecule has 0 atom stereocenters. The van der Waals surface area contributed by atoms with Gasteiger partial charge in [0.1, 0.15) is 11.5 Å². The van der Waals surface area contributed by atoms with Crippen LogP contribution in [0.1, 0.15) is 30.4 Å². The number of aromatic hydroxyl groups is 2. The number of phenolic OH excluding ortho intramolecular Hbond substituents is 2. The molecule has 0 bridgehead atoms. The smallest absolute Gasteiger partial charge is 0.240 e. The molecule has 2 rings (SSSR count). The highest BCUT2D eigenvalue weighted by atomic mass is 16.3. The van der Waals surface area contributed by atoms with E-state index < -0.39 is 0 Å². The third-order valence-electron chi connectivity index (χ3n) is 3.35. The average Bonchev–Trinajstić information content (AvgIpc) is 2.62. The van der Waals surface area contributed by atoms with Crippen LogP contribution < -0.4 is 10.9 Å². The maximum Gasteiger partial charge on any atom is 0.240 e. The van der Waals surface area contributed by atoms with Crippen molar-refractivity contribution in [3.05, 3.63) is 59.7 Å². The van der Waals surface area contributed by atoms with E-state index in [0.29, 0.717) is 17.5 Å². The third kappa shape index (κ3) is 7.82. The summed E-state index contributed by atoms with van der Waals surface area (Å²) in [7, 11) is 0. The number of carbonyl (C=O) groups excluding carboxylic acids is 2. The van der Waals surface area contributed by atoms with E-state index >= 15 is 0 Å². The van der Waals surface area contributed by atoms with Crippen molar-refractivity contribution in [2.45, 2.75) is 19.3 Å². The van der Waals surface area contributed by atoms with Crippen LogP contribution >= 0.6 is 0 Å². The minimum atomic E-state index is -0.317. The molecule has 140 valence electrons. The number of phenols is 2. The number of carbonyl (C=O) groups is 2. The largest absolute Gasteiger partial charge is 0.508 e. The van der Waals surface area contributed by atoms with E-state index in [9.17, 15) is 19.8 Å². The van der Waals surface area contributed by atoms with Crippen LogP contribution in [0.5, 0.6) is 11.5 Å². The van der Waals surface area contributed by atoms with Gasteiger partial charge >= 0.3 is 0 Å². The van der Waals surface area contributed by atoms with Crippen LogP contribution in [0.4, 0.5) is 0 Å². The molecule has 2 amide bonds. The van der Waals surface area contributed by atoms with Crippen LogP contribution in [-0.2, 0) is 9.59 Å². The van der Waals surface area contributed by atoms with E-state index in [0.717, 1.165) is 0 Å². The van der Waals surface area contributed by atoms with Crippen LogP contribution in [-0.4, -0.2) is 34.5 Å². The minimum Gasteiger partial charge on any atom is -0.508 e. The molecule has 0 saturated carbocycles. The van der Waals surface area contributed by atoms with Gasteiger partial charge in [0.2, 0.25) is 11.8 Å². The van der Waals surface area contributed by atoms with Crippen molar-refractivity contribution in [1.82, 2.24) is 10.9 Å². The summed E-state index contributed by atoms with van der Waals surface area (Å²) in [6, 6.07) is 12.9. The van der Waals surface area contributed by atoms with Gasteiger partial charge in [-0.05, 0) is 41.8 Å². The Bertz CT molecular complexity index is 780. The van der Waals surface area contributed by atoms with Gasteiger partial charge < -0.3 is 10.2 Å². The lowest BCUT2D eigenvalue weighted by Gasteiger charge is -2.01. The lowest BCUT2D eigenvalue weighted by Crippen LogP contribution is -2.20. The van der Waals surface area contributed by atoms with Crippen molar-refractivity contribution in [2.75, 3.05) is 0 Å². The number of nitrogens with one attached hydrogen (secondary N) is 2. The van der Waals surface area contributed by atoms with Crippen molar-refractivity contribution in [1.29, 1.82) is 0 Å². The number of benzene rings is 2. The molecule has 0 heterocycles. The number of hydrogen-bond donors (Lipinski definition) is 4. The van der Waals surface area contributed by atoms with Gasteiger partial charge in [-0.3, -0.25) is 9.59 Å². The lowest BCUT2D eigenvalue weighted by molar-refractivity contribution is -0.122. The Kier molecular flexibility index (Phi) is 7.52. The Labute approximate surface area is 156 Å². The van der Waals surface area contributed by atoms with Gasteiger partial charge in [0.15, 0.2) is 0 Å². The van der Waals surface area contributed by atoms with Crippen molar-refractivity contribution in [3.63, 3.8) is 0 Å². The van der Waals surface area contributed by atoms with Gasteiger partial charge in [-0.2, -0.15) is 10.2 Å². The first-order valence-electron chi connectivity index (χ1n) is 8.25. The number of hydrazone groups is 2. The Hall–Kier alpha value is -3.68. The number of nitrogens with zero attached hydrogens (tertiary/aromatic N) is 2. The second-order valence-corrected chi connectivity index (χ2v) is 5.63. The molecule has 0 aliphatic heterocycles. The van der Waals surface area contributed by atoms with Crippen molar-refractivity contribution < 1.29 is 19.8 Å². The van der Waals surface area contributed by atoms with E-state index in [1.165, 1.54) is 36.7 Å². The predicted octanol–water partition coefficient (Wildman–Crippen LogP) is 1.87. The molecule has 0 unspecified atom stereocenters. The van der Waals surface area contributed by atoms with Crippen LogP contribution in [0.3, 0.4) is 0 Å². The molecule has 0 aliphatic carbocycles. The molecule has 27 heavy (non-hydrogen) atoms. The van der Waals surface area contributed by atoms with Crippen molar-refractivity contribution >= 4 is 24.2 Å². The third-order valence-corrected chi connectivity index (χ3v) is 3.35. The molecule has 0 fully saturated rings. The van der Waals surface area contributed by atoms with E-state index in [2.05, 4.69) is 21.1 Å². The fourth-order valence-corrected chi connectivity index (χ4v) is 2.09. The monoisotopic (exact) mass is 368 g/mol. The fourth-order valence-electron chi connectivity index (χ4n) is 2.09. The highest BCUT2D eigenvalue weighted by molar-refractivity contribution is 5.84. The average molecular weight is 368 g/mol. The second-order valence-electron chi connectivity index (χ2n) is 5.63. The molecular formula is C19H20N4O4. The van der Waals surface area contributed by atoms with E-state index in [1.807, 2.05) is 0 Å². The van der Waals surface area contributed by atoms with Crippen molar-refractivity contribution in [2.24, 2.45) is 10.2 Å². The molecule has 0 aromatic heterocycles. The maximum absolute atomic E-state index is 11.7. The van der Waals surface area contributed by atoms with Crippen LogP contribution in [0, 0.1) is 0 Å². The summed E-state index contributed by atoms with van der Waals surface area (Å²) in [4.78, 5) is 23.3. The van der Waals surface area contributed by atoms with Gasteiger partial charge in [-0.25, -0.2) is 10.9 Å². The van der Waals surface area contributed by atoms with Crippen LogP contribution in [0.15, 0.2) is 58.7 Å². The molecular weight excluding hydrogens is 348 g/mol. The van der Waals surface area contributed by atoms with Gasteiger partial charge in [-0.1, -0.05) is 24.3 Å². The Balaban J connectivity index is 1.63. The number of amides is 2. The SMILES string of the molecule is O=C(CCCC(=O)N/N=C/c1cccc(O)c1)N/N=C\c1cccc(O)c1. The Morgan fingerprint density at radius 3 is 1.67 bits per heavy atom. The summed E-state index contributed by atoms with van der Waals surface area (Å²) < 4.78 is 0. The first kappa shape index (κ1) is 19.6. The second kappa shape index (κ2) is 10.3. The molecule has 8 heteroatoms. The summed E-state index contributed by atoms with van der Waals surface area (Å²) in [6.07, 6.45) is 3.46. The van der Waals surface area contributed by atoms with E-state index in [-0.39, 0.29) is 36.2 Å². The molecule has 0 radical (unpaired) electrons. The number of rotatable bonds is 8. The lowest BCUT2D eigenvalue weighted by atomic mass is 10.2. The van der Waals surface area contributed by atoms with Crippen LogP contribution in [0.2, 0.25) is 0 Å². The standard InChI is InChI=1S/C19H20N4O4/c24-16-6-1-4-14(10-16)12-20-22-18(26)8-3-9-19(27)23-21-13-15-5-2-7-17(25)11-15/h1-2,4-7,10-13,24-25H,3,8-9H2,(H,22,26)(H,23,27)/b20-12-,21-13+. The molecule has 2 aromatic rings. The minimum absolute atomic E-state index is 0.114. The molecule has 4 N–H and O–H groups in total. The summed E-state index contributed by atoms with van der Waals surface area (Å²) in [5.74, 6) is -0.407. The fraction of sp³-hybridized carbons (Fsp3) is 0.158.